The number of hydrogen-bond acceptors (Lipinski definition) is 7. The molecule has 1 saturated heterocycles. The zero-order valence-electron chi connectivity index (χ0n) is 12.9. The van der Waals surface area contributed by atoms with Crippen LogP contribution in [0.4, 0.5) is 0 Å². The molecule has 0 spiro atoms. The summed E-state index contributed by atoms with van der Waals surface area (Å²) < 4.78 is 42.0. The van der Waals surface area contributed by atoms with Gasteiger partial charge in [0.2, 0.25) is 10.0 Å². The normalized spacial score (nSPS) is 21.2. The van der Waals surface area contributed by atoms with E-state index in [1.807, 2.05) is 0 Å². The van der Waals surface area contributed by atoms with E-state index in [4.69, 9.17) is 9.47 Å². The van der Waals surface area contributed by atoms with Crippen molar-refractivity contribution >= 4 is 16.0 Å². The first-order valence-electron chi connectivity index (χ1n) is 6.87. The summed E-state index contributed by atoms with van der Waals surface area (Å²) in [5, 5.41) is 10.2. The van der Waals surface area contributed by atoms with Crippen molar-refractivity contribution in [1.82, 2.24) is 4.72 Å². The molecule has 0 amide bonds. The molecule has 128 valence electrons. The number of ether oxygens (including phenoxy) is 3. The number of methoxy groups -OCH3 is 2. The molecule has 1 atom stereocenters. The third-order valence-electron chi connectivity index (χ3n) is 3.55. The number of hydrogen-bond donors (Lipinski definition) is 2. The van der Waals surface area contributed by atoms with Gasteiger partial charge in [-0.3, -0.25) is 0 Å². The van der Waals surface area contributed by atoms with E-state index in [1.165, 1.54) is 32.4 Å². The van der Waals surface area contributed by atoms with Crippen molar-refractivity contribution < 1.29 is 32.5 Å². The Kier molecular flexibility index (Phi) is 5.25. The fourth-order valence-electron chi connectivity index (χ4n) is 2.17. The Hall–Kier alpha value is -1.68. The van der Waals surface area contributed by atoms with Gasteiger partial charge in [-0.15, -0.1) is 0 Å². The van der Waals surface area contributed by atoms with Gasteiger partial charge in [0, 0.05) is 19.6 Å². The van der Waals surface area contributed by atoms with Crippen molar-refractivity contribution in [2.75, 3.05) is 34.0 Å². The van der Waals surface area contributed by atoms with Crippen molar-refractivity contribution in [3.05, 3.63) is 23.8 Å². The summed E-state index contributed by atoms with van der Waals surface area (Å²) in [5.74, 6) is -0.577. The lowest BCUT2D eigenvalue weighted by atomic mass is 10.1. The molecular weight excluding hydrogens is 326 g/mol. The lowest BCUT2D eigenvalue weighted by molar-refractivity contribution is 0.0314. The van der Waals surface area contributed by atoms with E-state index in [-0.39, 0.29) is 29.4 Å². The van der Waals surface area contributed by atoms with Crippen LogP contribution in [-0.4, -0.2) is 59.1 Å². The molecule has 1 heterocycles. The first kappa shape index (κ1) is 17.7. The molecule has 2 rings (SSSR count). The summed E-state index contributed by atoms with van der Waals surface area (Å²) in [5.41, 5.74) is -1.16. The maximum absolute atomic E-state index is 12.5. The Morgan fingerprint density at radius 3 is 2.74 bits per heavy atom. The van der Waals surface area contributed by atoms with Crippen molar-refractivity contribution in [3.8, 4) is 5.75 Å². The SMILES string of the molecule is COC(=O)c1ccc(OC)c(S(=O)(=O)NC[C@]2(O)CCOC2)c1. The molecule has 9 heteroatoms. The van der Waals surface area contributed by atoms with Gasteiger partial charge in [-0.05, 0) is 18.2 Å². The van der Waals surface area contributed by atoms with Gasteiger partial charge >= 0.3 is 5.97 Å². The molecule has 8 nitrogen and oxygen atoms in total. The fraction of sp³-hybridized carbons (Fsp3) is 0.500. The Balaban J connectivity index is 2.28. The van der Waals surface area contributed by atoms with Crippen LogP contribution in [0.1, 0.15) is 16.8 Å². The molecule has 1 aromatic rings. The van der Waals surface area contributed by atoms with Crippen molar-refractivity contribution in [2.24, 2.45) is 0 Å². The highest BCUT2D eigenvalue weighted by atomic mass is 32.2. The number of carbonyl (C=O) groups is 1. The molecule has 1 aromatic carbocycles. The molecule has 0 saturated carbocycles. The number of aliphatic hydroxyl groups is 1. The largest absolute Gasteiger partial charge is 0.495 e. The highest BCUT2D eigenvalue weighted by molar-refractivity contribution is 7.89. The van der Waals surface area contributed by atoms with E-state index in [9.17, 15) is 18.3 Å². The number of rotatable bonds is 6. The van der Waals surface area contributed by atoms with Crippen LogP contribution in [0.2, 0.25) is 0 Å². The van der Waals surface area contributed by atoms with E-state index in [0.717, 1.165) is 0 Å². The number of nitrogens with one attached hydrogen (secondary N) is 1. The van der Waals surface area contributed by atoms with Gasteiger partial charge in [0.1, 0.15) is 16.2 Å². The predicted molar refractivity (Wildman–Crippen MR) is 79.9 cm³/mol. The number of carbonyl (C=O) groups excluding carboxylic acids is 1. The summed E-state index contributed by atoms with van der Waals surface area (Å²) in [6.07, 6.45) is 0.342. The van der Waals surface area contributed by atoms with Crippen LogP contribution in [-0.2, 0) is 19.5 Å². The van der Waals surface area contributed by atoms with Crippen LogP contribution in [0.3, 0.4) is 0 Å². The first-order chi connectivity index (χ1) is 10.8. The van der Waals surface area contributed by atoms with E-state index in [2.05, 4.69) is 9.46 Å². The topological polar surface area (TPSA) is 111 Å². The standard InChI is InChI=1S/C14H19NO7S/c1-20-11-4-3-10(13(16)21-2)7-12(11)23(18,19)15-8-14(17)5-6-22-9-14/h3-4,7,15,17H,5-6,8-9H2,1-2H3/t14-/m1/s1. The van der Waals surface area contributed by atoms with Crippen LogP contribution in [0.15, 0.2) is 23.1 Å². The van der Waals surface area contributed by atoms with Crippen molar-refractivity contribution in [3.63, 3.8) is 0 Å². The zero-order chi connectivity index (χ0) is 17.1. The summed E-state index contributed by atoms with van der Waals surface area (Å²) in [6.45, 7) is 0.245. The van der Waals surface area contributed by atoms with Gasteiger partial charge in [-0.25, -0.2) is 17.9 Å². The minimum absolute atomic E-state index is 0.0643. The second kappa shape index (κ2) is 6.83. The van der Waals surface area contributed by atoms with Gasteiger partial charge in [-0.2, -0.15) is 0 Å². The van der Waals surface area contributed by atoms with Crippen LogP contribution in [0.25, 0.3) is 0 Å². The third kappa shape index (κ3) is 3.99. The molecule has 0 radical (unpaired) electrons. The molecule has 1 aliphatic rings. The quantitative estimate of drug-likeness (QED) is 0.693. The van der Waals surface area contributed by atoms with Crippen LogP contribution >= 0.6 is 0 Å². The molecule has 23 heavy (non-hydrogen) atoms. The van der Waals surface area contributed by atoms with E-state index in [1.54, 1.807) is 0 Å². The molecular formula is C14H19NO7S. The summed E-state index contributed by atoms with van der Waals surface area (Å²) in [6, 6.07) is 3.94. The van der Waals surface area contributed by atoms with Gasteiger partial charge in [-0.1, -0.05) is 0 Å². The number of esters is 1. The second-order valence-electron chi connectivity index (χ2n) is 5.21. The average Bonchev–Trinajstić information content (AvgIpc) is 2.99. The average molecular weight is 345 g/mol. The first-order valence-corrected chi connectivity index (χ1v) is 8.36. The molecule has 2 N–H and O–H groups in total. The number of benzene rings is 1. The highest BCUT2D eigenvalue weighted by Gasteiger charge is 2.34. The minimum Gasteiger partial charge on any atom is -0.495 e. The van der Waals surface area contributed by atoms with E-state index < -0.39 is 21.6 Å². The van der Waals surface area contributed by atoms with E-state index in [0.29, 0.717) is 13.0 Å². The van der Waals surface area contributed by atoms with Crippen LogP contribution < -0.4 is 9.46 Å². The van der Waals surface area contributed by atoms with Crippen molar-refractivity contribution in [2.45, 2.75) is 16.9 Å². The molecule has 1 fully saturated rings. The predicted octanol–water partition coefficient (Wildman–Crippen LogP) is -0.0885. The molecule has 0 aliphatic carbocycles. The summed E-state index contributed by atoms with van der Waals surface area (Å²) >= 11 is 0. The maximum Gasteiger partial charge on any atom is 0.337 e. The molecule has 0 aromatic heterocycles. The lowest BCUT2D eigenvalue weighted by Gasteiger charge is -2.21. The minimum atomic E-state index is -3.99. The smallest absolute Gasteiger partial charge is 0.337 e. The van der Waals surface area contributed by atoms with Crippen LogP contribution in [0, 0.1) is 0 Å². The maximum atomic E-state index is 12.5. The second-order valence-corrected chi connectivity index (χ2v) is 6.94. The van der Waals surface area contributed by atoms with E-state index >= 15 is 0 Å². The van der Waals surface area contributed by atoms with Gasteiger partial charge in [0.05, 0.1) is 26.4 Å². The summed E-state index contributed by atoms with van der Waals surface area (Å²) in [7, 11) is -1.46. The monoisotopic (exact) mass is 345 g/mol. The van der Waals surface area contributed by atoms with Crippen molar-refractivity contribution in [1.29, 1.82) is 0 Å². The Morgan fingerprint density at radius 2 is 2.17 bits per heavy atom. The fourth-order valence-corrected chi connectivity index (χ4v) is 3.49. The molecule has 0 unspecified atom stereocenters. The zero-order valence-corrected chi connectivity index (χ0v) is 13.7. The molecule has 0 bridgehead atoms. The third-order valence-corrected chi connectivity index (χ3v) is 4.97. The van der Waals surface area contributed by atoms with Gasteiger partial charge in [0.25, 0.3) is 0 Å². The Labute approximate surface area is 134 Å². The Morgan fingerprint density at radius 1 is 1.43 bits per heavy atom. The highest BCUT2D eigenvalue weighted by Crippen LogP contribution is 2.26. The van der Waals surface area contributed by atoms with Crippen LogP contribution in [0.5, 0.6) is 5.75 Å². The van der Waals surface area contributed by atoms with Gasteiger partial charge < -0.3 is 19.3 Å². The van der Waals surface area contributed by atoms with Gasteiger partial charge in [0.15, 0.2) is 0 Å². The molecule has 1 aliphatic heterocycles. The lowest BCUT2D eigenvalue weighted by Crippen LogP contribution is -2.43. The number of sulfonamides is 1. The Bertz CT molecular complexity index is 680. The summed E-state index contributed by atoms with van der Waals surface area (Å²) in [4.78, 5) is 11.4.